The van der Waals surface area contributed by atoms with Crippen LogP contribution in [0, 0.1) is 0 Å². The number of hydrogen-bond acceptors (Lipinski definition) is 2. The highest BCUT2D eigenvalue weighted by Gasteiger charge is 1.97. The Morgan fingerprint density at radius 1 is 1.08 bits per heavy atom. The molecule has 0 amide bonds. The van der Waals surface area contributed by atoms with E-state index < -0.39 is 5.63 Å². The molecular formula is C9H5O3. The lowest BCUT2D eigenvalue weighted by Crippen LogP contribution is -1.93. The van der Waals surface area contributed by atoms with E-state index in [1.807, 2.05) is 0 Å². The molecule has 2 aromatic rings. The summed E-state index contributed by atoms with van der Waals surface area (Å²) in [7, 11) is 0. The van der Waals surface area contributed by atoms with Gasteiger partial charge in [0.15, 0.2) is 5.75 Å². The smallest absolute Gasteiger partial charge is 0.336 e. The van der Waals surface area contributed by atoms with E-state index in [1.54, 1.807) is 6.07 Å². The Kier molecular flexibility index (Phi) is 1.37. The molecule has 0 saturated heterocycles. The summed E-state index contributed by atoms with van der Waals surface area (Å²) in [6.07, 6.45) is 0. The Balaban J connectivity index is 2.87. The van der Waals surface area contributed by atoms with Crippen LogP contribution in [0.3, 0.4) is 0 Å². The van der Waals surface area contributed by atoms with Gasteiger partial charge in [-0.3, -0.25) is 5.11 Å². The van der Waals surface area contributed by atoms with E-state index in [-0.39, 0.29) is 5.75 Å². The minimum absolute atomic E-state index is 0.0867. The summed E-state index contributed by atoms with van der Waals surface area (Å²) in [5.41, 5.74) is 0.0447. The molecule has 3 nitrogen and oxygen atoms in total. The Morgan fingerprint density at radius 3 is 2.75 bits per heavy atom. The van der Waals surface area contributed by atoms with E-state index in [0.29, 0.717) is 11.0 Å². The SMILES string of the molecule is [O]c1ccc2oc(=O)ccc2c1. The standard InChI is InChI=1S/C9H5O3/c10-7-2-3-8-6(5-7)1-4-9(11)12-8/h1-5H. The van der Waals surface area contributed by atoms with Gasteiger partial charge in [0.2, 0.25) is 0 Å². The van der Waals surface area contributed by atoms with Crippen LogP contribution in [-0.4, -0.2) is 0 Å². The Hall–Kier alpha value is -1.77. The van der Waals surface area contributed by atoms with Crippen LogP contribution in [0.1, 0.15) is 0 Å². The molecule has 0 aliphatic heterocycles. The second-order valence-corrected chi connectivity index (χ2v) is 2.45. The van der Waals surface area contributed by atoms with Gasteiger partial charge in [0.1, 0.15) is 5.58 Å². The average molecular weight is 161 g/mol. The van der Waals surface area contributed by atoms with Gasteiger partial charge in [-0.05, 0) is 24.3 Å². The first-order chi connectivity index (χ1) is 5.75. The van der Waals surface area contributed by atoms with E-state index in [1.165, 1.54) is 24.3 Å². The maximum absolute atomic E-state index is 10.8. The van der Waals surface area contributed by atoms with Crippen molar-refractivity contribution < 1.29 is 9.52 Å². The Morgan fingerprint density at radius 2 is 1.92 bits per heavy atom. The molecule has 0 unspecified atom stereocenters. The third kappa shape index (κ3) is 1.05. The Labute approximate surface area is 67.9 Å². The summed E-state index contributed by atoms with van der Waals surface area (Å²) in [5, 5.41) is 11.5. The summed E-state index contributed by atoms with van der Waals surface area (Å²) in [6.45, 7) is 0. The van der Waals surface area contributed by atoms with Gasteiger partial charge in [0, 0.05) is 11.5 Å². The highest BCUT2D eigenvalue weighted by atomic mass is 16.4. The van der Waals surface area contributed by atoms with E-state index in [9.17, 15) is 9.90 Å². The van der Waals surface area contributed by atoms with Crippen molar-refractivity contribution in [2.45, 2.75) is 0 Å². The largest absolute Gasteiger partial charge is 0.423 e. The molecule has 0 fully saturated rings. The molecule has 0 aliphatic rings. The van der Waals surface area contributed by atoms with Crippen molar-refractivity contribution in [2.24, 2.45) is 0 Å². The van der Waals surface area contributed by atoms with Crippen LogP contribution in [0.25, 0.3) is 11.0 Å². The van der Waals surface area contributed by atoms with Crippen LogP contribution in [0.15, 0.2) is 39.5 Å². The lowest BCUT2D eigenvalue weighted by atomic mass is 10.2. The topological polar surface area (TPSA) is 50.1 Å². The van der Waals surface area contributed by atoms with E-state index in [4.69, 9.17) is 4.42 Å². The molecule has 1 aromatic heterocycles. The lowest BCUT2D eigenvalue weighted by molar-refractivity contribution is 0.355. The van der Waals surface area contributed by atoms with Gasteiger partial charge < -0.3 is 4.42 Å². The molecule has 3 heteroatoms. The number of rotatable bonds is 0. The number of benzene rings is 1. The van der Waals surface area contributed by atoms with Crippen LogP contribution in [0.5, 0.6) is 5.75 Å². The molecule has 59 valence electrons. The summed E-state index contributed by atoms with van der Waals surface area (Å²) < 4.78 is 4.82. The molecule has 2 rings (SSSR count). The fourth-order valence-electron chi connectivity index (χ4n) is 1.05. The van der Waals surface area contributed by atoms with Gasteiger partial charge in [-0.2, -0.15) is 0 Å². The highest BCUT2D eigenvalue weighted by Crippen LogP contribution is 2.17. The molecule has 0 N–H and O–H groups in total. The first kappa shape index (κ1) is 6.91. The summed E-state index contributed by atoms with van der Waals surface area (Å²) in [5.74, 6) is -0.0867. The third-order valence-electron chi connectivity index (χ3n) is 1.59. The number of hydrogen-bond donors (Lipinski definition) is 0. The van der Waals surface area contributed by atoms with Gasteiger partial charge in [-0.1, -0.05) is 0 Å². The fraction of sp³-hybridized carbons (Fsp3) is 0. The zero-order valence-corrected chi connectivity index (χ0v) is 6.11. The first-order valence-corrected chi connectivity index (χ1v) is 3.47. The second-order valence-electron chi connectivity index (χ2n) is 2.45. The van der Waals surface area contributed by atoms with Gasteiger partial charge in [-0.25, -0.2) is 4.79 Å². The van der Waals surface area contributed by atoms with Gasteiger partial charge in [-0.15, -0.1) is 0 Å². The second kappa shape index (κ2) is 2.37. The van der Waals surface area contributed by atoms with Crippen LogP contribution in [0.2, 0.25) is 0 Å². The molecule has 0 atom stereocenters. The summed E-state index contributed by atoms with van der Waals surface area (Å²) in [6, 6.07) is 7.16. The maximum Gasteiger partial charge on any atom is 0.336 e. The van der Waals surface area contributed by atoms with Crippen LogP contribution < -0.4 is 5.63 Å². The van der Waals surface area contributed by atoms with Crippen LogP contribution in [-0.2, 0) is 5.11 Å². The molecule has 1 radical (unpaired) electrons. The maximum atomic E-state index is 10.8. The van der Waals surface area contributed by atoms with Gasteiger partial charge in [0.05, 0.1) is 0 Å². The number of fused-ring (bicyclic) bond motifs is 1. The zero-order valence-electron chi connectivity index (χ0n) is 6.11. The predicted octanol–water partition coefficient (Wildman–Crippen LogP) is 1.94. The Bertz CT molecular complexity index is 470. The van der Waals surface area contributed by atoms with E-state index in [2.05, 4.69) is 0 Å². The average Bonchev–Trinajstić information content (AvgIpc) is 2.05. The predicted molar refractivity (Wildman–Crippen MR) is 42.6 cm³/mol. The minimum Gasteiger partial charge on any atom is -0.423 e. The van der Waals surface area contributed by atoms with Crippen molar-refractivity contribution in [1.82, 2.24) is 0 Å². The summed E-state index contributed by atoms with van der Waals surface area (Å²) in [4.78, 5) is 10.7. The molecular weight excluding hydrogens is 156 g/mol. The zero-order chi connectivity index (χ0) is 8.55. The van der Waals surface area contributed by atoms with Gasteiger partial charge >= 0.3 is 5.63 Å². The molecule has 0 bridgehead atoms. The first-order valence-electron chi connectivity index (χ1n) is 3.47. The molecule has 1 aromatic carbocycles. The molecule has 12 heavy (non-hydrogen) atoms. The molecule has 0 saturated carbocycles. The van der Waals surface area contributed by atoms with E-state index >= 15 is 0 Å². The molecule has 0 spiro atoms. The van der Waals surface area contributed by atoms with Gasteiger partial charge in [0.25, 0.3) is 0 Å². The summed E-state index contributed by atoms with van der Waals surface area (Å²) >= 11 is 0. The monoisotopic (exact) mass is 161 g/mol. The van der Waals surface area contributed by atoms with Crippen molar-refractivity contribution in [2.75, 3.05) is 0 Å². The van der Waals surface area contributed by atoms with Crippen LogP contribution in [0.4, 0.5) is 0 Å². The lowest BCUT2D eigenvalue weighted by Gasteiger charge is -1.93. The van der Waals surface area contributed by atoms with Crippen molar-refractivity contribution in [3.05, 3.63) is 40.8 Å². The third-order valence-corrected chi connectivity index (χ3v) is 1.59. The molecule has 0 aliphatic carbocycles. The highest BCUT2D eigenvalue weighted by molar-refractivity contribution is 5.77. The molecule has 1 heterocycles. The fourth-order valence-corrected chi connectivity index (χ4v) is 1.05. The van der Waals surface area contributed by atoms with Crippen molar-refractivity contribution >= 4 is 11.0 Å². The van der Waals surface area contributed by atoms with Crippen molar-refractivity contribution in [1.29, 1.82) is 0 Å². The van der Waals surface area contributed by atoms with E-state index in [0.717, 1.165) is 0 Å². The van der Waals surface area contributed by atoms with Crippen LogP contribution >= 0.6 is 0 Å². The minimum atomic E-state index is -0.402. The van der Waals surface area contributed by atoms with Crippen molar-refractivity contribution in [3.63, 3.8) is 0 Å². The normalized spacial score (nSPS) is 10.3. The van der Waals surface area contributed by atoms with Crippen molar-refractivity contribution in [3.8, 4) is 5.75 Å². The quantitative estimate of drug-likeness (QED) is 0.554.